The van der Waals surface area contributed by atoms with E-state index in [9.17, 15) is 23.1 Å². The Hall–Kier alpha value is -4.47. The van der Waals surface area contributed by atoms with E-state index in [0.29, 0.717) is 33.8 Å². The summed E-state index contributed by atoms with van der Waals surface area (Å²) < 4.78 is 51.3. The van der Waals surface area contributed by atoms with E-state index in [1.807, 2.05) is 0 Å². The monoisotopic (exact) mass is 520 g/mol. The number of nitrogens with zero attached hydrogens (tertiary/aromatic N) is 4. The lowest BCUT2D eigenvalue weighted by Gasteiger charge is -2.21. The highest BCUT2D eigenvalue weighted by atomic mass is 19.4. The van der Waals surface area contributed by atoms with Crippen LogP contribution in [0, 0.1) is 20.8 Å². The lowest BCUT2D eigenvalue weighted by Crippen LogP contribution is -2.19. The minimum atomic E-state index is -4.76. The molecule has 0 aliphatic rings. The Labute approximate surface area is 215 Å². The predicted octanol–water partition coefficient (Wildman–Crippen LogP) is 7.00. The van der Waals surface area contributed by atoms with E-state index in [-0.39, 0.29) is 27.7 Å². The highest BCUT2D eigenvalue weighted by Gasteiger charge is 2.42. The third-order valence-corrected chi connectivity index (χ3v) is 6.68. The zero-order valence-corrected chi connectivity index (χ0v) is 21.0. The molecule has 5 aromatic rings. The number of pyridine rings is 2. The Kier molecular flexibility index (Phi) is 6.05. The van der Waals surface area contributed by atoms with Gasteiger partial charge in [0.2, 0.25) is 0 Å². The zero-order valence-electron chi connectivity index (χ0n) is 21.0. The number of rotatable bonds is 5. The van der Waals surface area contributed by atoms with E-state index in [1.165, 1.54) is 35.2 Å². The summed E-state index contributed by atoms with van der Waals surface area (Å²) in [4.78, 5) is 20.4. The minimum absolute atomic E-state index is 0.0153. The van der Waals surface area contributed by atoms with Gasteiger partial charge in [0.15, 0.2) is 0 Å². The highest BCUT2D eigenvalue weighted by Crippen LogP contribution is 2.46. The zero-order chi connectivity index (χ0) is 27.4. The van der Waals surface area contributed by atoms with Gasteiger partial charge in [0, 0.05) is 29.1 Å². The second-order valence-electron chi connectivity index (χ2n) is 9.15. The van der Waals surface area contributed by atoms with Gasteiger partial charge in [-0.05, 0) is 63.1 Å². The average molecular weight is 521 g/mol. The van der Waals surface area contributed by atoms with Crippen molar-refractivity contribution in [2.45, 2.75) is 39.9 Å². The molecule has 10 heteroatoms. The Morgan fingerprint density at radius 3 is 2.37 bits per heavy atom. The van der Waals surface area contributed by atoms with Crippen molar-refractivity contribution in [3.05, 3.63) is 88.8 Å². The van der Waals surface area contributed by atoms with Gasteiger partial charge in [-0.25, -0.2) is 4.79 Å². The minimum Gasteiger partial charge on any atom is -0.478 e. The number of hydrogen-bond donors (Lipinski definition) is 1. The van der Waals surface area contributed by atoms with Crippen LogP contribution in [0.15, 0.2) is 59.4 Å². The highest BCUT2D eigenvalue weighted by molar-refractivity contribution is 5.98. The Morgan fingerprint density at radius 2 is 1.79 bits per heavy atom. The Balaban J connectivity index is 1.89. The molecule has 5 rings (SSSR count). The summed E-state index contributed by atoms with van der Waals surface area (Å²) in [5, 5.41) is 13.4. The first kappa shape index (κ1) is 25.2. The molecule has 0 fully saturated rings. The number of hydrogen-bond acceptors (Lipinski definition) is 5. The van der Waals surface area contributed by atoms with Crippen molar-refractivity contribution in [2.75, 3.05) is 0 Å². The fourth-order valence-electron chi connectivity index (χ4n) is 4.98. The molecule has 4 heterocycles. The summed E-state index contributed by atoms with van der Waals surface area (Å²) in [6.45, 7) is 6.69. The van der Waals surface area contributed by atoms with Crippen LogP contribution in [-0.2, 0) is 6.18 Å². The van der Waals surface area contributed by atoms with Crippen LogP contribution in [0.2, 0.25) is 0 Å². The van der Waals surface area contributed by atoms with Gasteiger partial charge in [0.25, 0.3) is 0 Å². The number of alkyl halides is 3. The molecular weight excluding hydrogens is 497 g/mol. The molecule has 1 aromatic carbocycles. The molecule has 0 saturated carbocycles. The molecule has 0 aliphatic carbocycles. The van der Waals surface area contributed by atoms with Crippen LogP contribution in [0.4, 0.5) is 13.2 Å². The number of aromatic carboxylic acids is 1. The Bertz CT molecular complexity index is 1670. The molecule has 0 aliphatic heterocycles. The molecule has 38 heavy (non-hydrogen) atoms. The summed E-state index contributed by atoms with van der Waals surface area (Å²) >= 11 is 0. The van der Waals surface area contributed by atoms with Gasteiger partial charge in [-0.2, -0.15) is 13.2 Å². The van der Waals surface area contributed by atoms with E-state index < -0.39 is 23.9 Å². The van der Waals surface area contributed by atoms with E-state index in [0.717, 1.165) is 0 Å². The lowest BCUT2D eigenvalue weighted by atomic mass is 9.98. The SMILES string of the molecule is Cc1cc(-c2c(C(F)(F)F)n(C(C)c3ccccn3)c3cc(-c4c(C)noc4C)cnc23)ccc1C(=O)O. The molecular formula is C28H23F3N4O3. The Morgan fingerprint density at radius 1 is 1.03 bits per heavy atom. The van der Waals surface area contributed by atoms with Crippen LogP contribution in [-0.4, -0.2) is 30.8 Å². The number of halogens is 3. The van der Waals surface area contributed by atoms with Gasteiger partial charge in [0.1, 0.15) is 11.5 Å². The smallest absolute Gasteiger partial charge is 0.432 e. The van der Waals surface area contributed by atoms with Gasteiger partial charge < -0.3 is 14.2 Å². The molecule has 1 unspecified atom stereocenters. The quantitative estimate of drug-likeness (QED) is 0.268. The normalized spacial score (nSPS) is 12.7. The van der Waals surface area contributed by atoms with Gasteiger partial charge in [-0.3, -0.25) is 9.97 Å². The fraction of sp³-hybridized carbons (Fsp3) is 0.214. The molecule has 1 N–H and O–H groups in total. The molecule has 0 spiro atoms. The van der Waals surface area contributed by atoms with Gasteiger partial charge in [0.05, 0.1) is 34.0 Å². The fourth-order valence-corrected chi connectivity index (χ4v) is 4.98. The number of aryl methyl sites for hydroxylation is 3. The molecule has 194 valence electrons. The average Bonchev–Trinajstić information content (AvgIpc) is 3.40. The number of carbonyl (C=O) groups is 1. The van der Waals surface area contributed by atoms with Crippen molar-refractivity contribution in [3.63, 3.8) is 0 Å². The second-order valence-corrected chi connectivity index (χ2v) is 9.15. The van der Waals surface area contributed by atoms with Crippen molar-refractivity contribution < 1.29 is 27.6 Å². The van der Waals surface area contributed by atoms with Gasteiger partial charge in [-0.15, -0.1) is 0 Å². The standard InChI is InChI=1S/C28H23F3N4O3/c1-14-11-18(8-9-20(14)27(36)37)24-25-22(12-19(13-33-25)23-15(2)34-38-17(23)4)35(26(24)28(29,30)31)16(3)21-7-5-6-10-32-21/h5-13,16H,1-4H3,(H,36,37). The summed E-state index contributed by atoms with van der Waals surface area (Å²) in [5.41, 5.74) is 2.22. The maximum atomic E-state index is 14.9. The summed E-state index contributed by atoms with van der Waals surface area (Å²) in [6, 6.07) is 10.1. The maximum absolute atomic E-state index is 14.9. The molecule has 4 aromatic heterocycles. The number of carboxylic acids is 1. The van der Waals surface area contributed by atoms with E-state index in [1.54, 1.807) is 52.0 Å². The number of aromatic nitrogens is 4. The third-order valence-electron chi connectivity index (χ3n) is 6.68. The molecule has 1 atom stereocenters. The molecule has 0 amide bonds. The molecule has 0 bridgehead atoms. The van der Waals surface area contributed by atoms with E-state index >= 15 is 0 Å². The van der Waals surface area contributed by atoms with Crippen molar-refractivity contribution in [1.29, 1.82) is 0 Å². The molecule has 0 saturated heterocycles. The first-order valence-electron chi connectivity index (χ1n) is 11.8. The number of benzene rings is 1. The van der Waals surface area contributed by atoms with Crippen molar-refractivity contribution in [1.82, 2.24) is 19.7 Å². The van der Waals surface area contributed by atoms with Crippen molar-refractivity contribution >= 4 is 17.0 Å². The van der Waals surface area contributed by atoms with E-state index in [4.69, 9.17) is 4.52 Å². The predicted molar refractivity (Wildman–Crippen MR) is 135 cm³/mol. The molecule has 0 radical (unpaired) electrons. The van der Waals surface area contributed by atoms with Crippen LogP contribution in [0.25, 0.3) is 33.3 Å². The van der Waals surface area contributed by atoms with Crippen molar-refractivity contribution in [3.8, 4) is 22.3 Å². The van der Waals surface area contributed by atoms with Crippen LogP contribution >= 0.6 is 0 Å². The lowest BCUT2D eigenvalue weighted by molar-refractivity contribution is -0.143. The summed E-state index contributed by atoms with van der Waals surface area (Å²) in [5.74, 6) is -0.630. The van der Waals surface area contributed by atoms with Crippen molar-refractivity contribution in [2.24, 2.45) is 0 Å². The largest absolute Gasteiger partial charge is 0.478 e. The summed E-state index contributed by atoms with van der Waals surface area (Å²) in [6.07, 6.45) is -1.72. The summed E-state index contributed by atoms with van der Waals surface area (Å²) in [7, 11) is 0. The van der Waals surface area contributed by atoms with Crippen LogP contribution in [0.5, 0.6) is 0 Å². The molecule has 7 nitrogen and oxygen atoms in total. The van der Waals surface area contributed by atoms with E-state index in [2.05, 4.69) is 15.1 Å². The van der Waals surface area contributed by atoms with Gasteiger partial charge >= 0.3 is 12.1 Å². The second kappa shape index (κ2) is 9.13. The first-order chi connectivity index (χ1) is 18.0. The van der Waals surface area contributed by atoms with Crippen LogP contribution in [0.1, 0.15) is 51.7 Å². The third kappa shape index (κ3) is 4.11. The van der Waals surface area contributed by atoms with Crippen LogP contribution < -0.4 is 0 Å². The number of carboxylic acid groups (broad SMARTS) is 1. The number of fused-ring (bicyclic) bond motifs is 1. The first-order valence-corrected chi connectivity index (χ1v) is 11.8. The topological polar surface area (TPSA) is 94.0 Å². The maximum Gasteiger partial charge on any atom is 0.432 e. The van der Waals surface area contributed by atoms with Gasteiger partial charge in [-0.1, -0.05) is 23.4 Å². The van der Waals surface area contributed by atoms with Crippen LogP contribution in [0.3, 0.4) is 0 Å².